The summed E-state index contributed by atoms with van der Waals surface area (Å²) < 4.78 is 6.29. The summed E-state index contributed by atoms with van der Waals surface area (Å²) in [4.78, 5) is 4.60. The first-order valence-corrected chi connectivity index (χ1v) is 6.58. The summed E-state index contributed by atoms with van der Waals surface area (Å²) in [6, 6.07) is 3.82. The molecular formula is C13H13BrClNO. The number of methoxy groups -OCH3 is 1. The van der Waals surface area contributed by atoms with Crippen molar-refractivity contribution in [2.45, 2.75) is 20.3 Å². The van der Waals surface area contributed by atoms with Gasteiger partial charge in [0.05, 0.1) is 23.0 Å². The molecule has 90 valence electrons. The summed E-state index contributed by atoms with van der Waals surface area (Å²) in [6.07, 6.45) is 0.864. The topological polar surface area (TPSA) is 22.1 Å². The number of fused-ring (bicyclic) bond motifs is 1. The molecule has 0 radical (unpaired) electrons. The fourth-order valence-electron chi connectivity index (χ4n) is 1.99. The van der Waals surface area contributed by atoms with E-state index in [1.807, 2.05) is 19.1 Å². The number of pyridine rings is 1. The highest BCUT2D eigenvalue weighted by Gasteiger charge is 2.15. The lowest BCUT2D eigenvalue weighted by molar-refractivity contribution is 0.419. The minimum Gasteiger partial charge on any atom is -0.496 e. The molecule has 1 aromatic carbocycles. The first-order valence-electron chi connectivity index (χ1n) is 5.41. The second kappa shape index (κ2) is 4.83. The lowest BCUT2D eigenvalue weighted by Gasteiger charge is -2.13. The van der Waals surface area contributed by atoms with Crippen molar-refractivity contribution >= 4 is 38.4 Å². The van der Waals surface area contributed by atoms with Gasteiger partial charge in [-0.25, -0.2) is 0 Å². The third kappa shape index (κ3) is 2.02. The van der Waals surface area contributed by atoms with Crippen LogP contribution in [-0.2, 0) is 6.42 Å². The van der Waals surface area contributed by atoms with E-state index in [9.17, 15) is 0 Å². The molecule has 0 aliphatic rings. The maximum atomic E-state index is 6.46. The Morgan fingerprint density at radius 1 is 1.41 bits per heavy atom. The van der Waals surface area contributed by atoms with Gasteiger partial charge in [-0.2, -0.15) is 0 Å². The number of benzene rings is 1. The molecule has 4 heteroatoms. The highest BCUT2D eigenvalue weighted by atomic mass is 79.9. The molecule has 0 bridgehead atoms. The van der Waals surface area contributed by atoms with Crippen molar-refractivity contribution in [3.05, 3.63) is 32.9 Å². The van der Waals surface area contributed by atoms with Crippen LogP contribution in [0.1, 0.15) is 18.2 Å². The molecule has 1 heterocycles. The van der Waals surface area contributed by atoms with Crippen LogP contribution in [-0.4, -0.2) is 12.1 Å². The van der Waals surface area contributed by atoms with Crippen molar-refractivity contribution < 1.29 is 4.74 Å². The fraction of sp³-hybridized carbons (Fsp3) is 0.308. The quantitative estimate of drug-likeness (QED) is 0.812. The molecule has 2 nitrogen and oxygen atoms in total. The Bertz CT molecular complexity index is 583. The van der Waals surface area contributed by atoms with Crippen LogP contribution in [0.3, 0.4) is 0 Å². The van der Waals surface area contributed by atoms with Crippen LogP contribution in [0.2, 0.25) is 5.02 Å². The molecule has 0 N–H and O–H groups in total. The van der Waals surface area contributed by atoms with Gasteiger partial charge in [0.2, 0.25) is 0 Å². The van der Waals surface area contributed by atoms with Gasteiger partial charge < -0.3 is 4.74 Å². The van der Waals surface area contributed by atoms with E-state index in [4.69, 9.17) is 16.3 Å². The van der Waals surface area contributed by atoms with E-state index in [-0.39, 0.29) is 0 Å². The Morgan fingerprint density at radius 2 is 2.12 bits per heavy atom. The Morgan fingerprint density at radius 3 is 2.71 bits per heavy atom. The standard InChI is InChI=1S/C13H13BrClNO/c1-4-8-7(2)16-13-9(14)5-6-10(17-3)11(13)12(8)15/h5-6H,4H2,1-3H3. The Hall–Kier alpha value is -0.800. The highest BCUT2D eigenvalue weighted by Crippen LogP contribution is 2.38. The summed E-state index contributed by atoms with van der Waals surface area (Å²) in [5.74, 6) is 0.760. The van der Waals surface area contributed by atoms with Gasteiger partial charge in [-0.05, 0) is 47.0 Å². The maximum absolute atomic E-state index is 6.46. The van der Waals surface area contributed by atoms with Crippen LogP contribution < -0.4 is 4.74 Å². The van der Waals surface area contributed by atoms with Gasteiger partial charge >= 0.3 is 0 Å². The average molecular weight is 315 g/mol. The molecule has 2 rings (SSSR count). The van der Waals surface area contributed by atoms with Crippen molar-refractivity contribution in [1.29, 1.82) is 0 Å². The Balaban J connectivity index is 2.95. The van der Waals surface area contributed by atoms with E-state index in [0.717, 1.165) is 43.8 Å². The van der Waals surface area contributed by atoms with Gasteiger partial charge in [0, 0.05) is 10.2 Å². The molecule has 1 aromatic heterocycles. The van der Waals surface area contributed by atoms with Crippen molar-refractivity contribution in [2.24, 2.45) is 0 Å². The van der Waals surface area contributed by atoms with Gasteiger partial charge in [0.1, 0.15) is 5.75 Å². The SMILES string of the molecule is CCc1c(C)nc2c(Br)ccc(OC)c2c1Cl. The summed E-state index contributed by atoms with van der Waals surface area (Å²) in [6.45, 7) is 4.06. The van der Waals surface area contributed by atoms with Crippen LogP contribution >= 0.6 is 27.5 Å². The number of aromatic nitrogens is 1. The van der Waals surface area contributed by atoms with E-state index in [1.54, 1.807) is 7.11 Å². The number of nitrogens with zero attached hydrogens (tertiary/aromatic N) is 1. The van der Waals surface area contributed by atoms with Crippen molar-refractivity contribution in [3.63, 3.8) is 0 Å². The van der Waals surface area contributed by atoms with E-state index in [0.29, 0.717) is 0 Å². The minimum atomic E-state index is 0.744. The predicted molar refractivity (Wildman–Crippen MR) is 75.1 cm³/mol. The predicted octanol–water partition coefficient (Wildman–Crippen LogP) is 4.53. The number of hydrogen-bond acceptors (Lipinski definition) is 2. The van der Waals surface area contributed by atoms with Gasteiger partial charge in [0.15, 0.2) is 0 Å². The molecule has 0 fully saturated rings. The second-order valence-corrected chi connectivity index (χ2v) is 5.05. The molecule has 0 saturated heterocycles. The Labute approximate surface area is 114 Å². The summed E-state index contributed by atoms with van der Waals surface area (Å²) in [5, 5.41) is 1.62. The molecule has 0 amide bonds. The molecule has 0 atom stereocenters. The summed E-state index contributed by atoms with van der Waals surface area (Å²) in [7, 11) is 1.64. The zero-order chi connectivity index (χ0) is 12.6. The number of hydrogen-bond donors (Lipinski definition) is 0. The molecule has 0 spiro atoms. The minimum absolute atomic E-state index is 0.744. The molecule has 2 aromatic rings. The largest absolute Gasteiger partial charge is 0.496 e. The van der Waals surface area contributed by atoms with Crippen LogP contribution in [0, 0.1) is 6.92 Å². The van der Waals surface area contributed by atoms with Crippen molar-refractivity contribution in [2.75, 3.05) is 7.11 Å². The van der Waals surface area contributed by atoms with Gasteiger partial charge in [-0.1, -0.05) is 18.5 Å². The van der Waals surface area contributed by atoms with E-state index < -0.39 is 0 Å². The van der Waals surface area contributed by atoms with Crippen molar-refractivity contribution in [1.82, 2.24) is 4.98 Å². The number of halogens is 2. The fourth-order valence-corrected chi connectivity index (χ4v) is 2.87. The lowest BCUT2D eigenvalue weighted by atomic mass is 10.1. The van der Waals surface area contributed by atoms with Crippen molar-refractivity contribution in [3.8, 4) is 5.75 Å². The van der Waals surface area contributed by atoms with Crippen LogP contribution in [0.5, 0.6) is 5.75 Å². The number of aryl methyl sites for hydroxylation is 1. The molecule has 0 aliphatic carbocycles. The molecule has 17 heavy (non-hydrogen) atoms. The summed E-state index contributed by atoms with van der Waals surface area (Å²) in [5.41, 5.74) is 2.90. The number of rotatable bonds is 2. The van der Waals surface area contributed by atoms with E-state index >= 15 is 0 Å². The lowest BCUT2D eigenvalue weighted by Crippen LogP contribution is -1.97. The zero-order valence-electron chi connectivity index (χ0n) is 9.97. The third-order valence-corrected chi connectivity index (χ3v) is 3.92. The first-order chi connectivity index (χ1) is 8.10. The average Bonchev–Trinajstić information content (AvgIpc) is 2.31. The van der Waals surface area contributed by atoms with E-state index in [1.165, 1.54) is 0 Å². The van der Waals surface area contributed by atoms with Gasteiger partial charge in [-0.3, -0.25) is 4.98 Å². The number of ether oxygens (including phenoxy) is 1. The molecular weight excluding hydrogens is 302 g/mol. The molecule has 0 unspecified atom stereocenters. The molecule has 0 saturated carbocycles. The van der Waals surface area contributed by atoms with E-state index in [2.05, 4.69) is 27.8 Å². The monoisotopic (exact) mass is 313 g/mol. The van der Waals surface area contributed by atoms with Gasteiger partial charge in [0.25, 0.3) is 0 Å². The van der Waals surface area contributed by atoms with Crippen LogP contribution in [0.4, 0.5) is 0 Å². The molecule has 0 aliphatic heterocycles. The zero-order valence-corrected chi connectivity index (χ0v) is 12.3. The Kier molecular flexibility index (Phi) is 3.59. The smallest absolute Gasteiger partial charge is 0.129 e. The normalized spacial score (nSPS) is 10.9. The second-order valence-electron chi connectivity index (χ2n) is 3.82. The third-order valence-electron chi connectivity index (χ3n) is 2.86. The van der Waals surface area contributed by atoms with Gasteiger partial charge in [-0.15, -0.1) is 0 Å². The van der Waals surface area contributed by atoms with Crippen LogP contribution in [0.15, 0.2) is 16.6 Å². The summed E-state index contributed by atoms with van der Waals surface area (Å²) >= 11 is 9.96. The maximum Gasteiger partial charge on any atom is 0.129 e. The first kappa shape index (κ1) is 12.7. The highest BCUT2D eigenvalue weighted by molar-refractivity contribution is 9.10. The van der Waals surface area contributed by atoms with Crippen LogP contribution in [0.25, 0.3) is 10.9 Å².